The molecule has 2 aliphatic carbocycles. The molecule has 0 aromatic rings. The van der Waals surface area contributed by atoms with Crippen molar-refractivity contribution in [2.45, 2.75) is 64.8 Å². The Morgan fingerprint density at radius 1 is 1.28 bits per heavy atom. The molecule has 0 unspecified atom stereocenters. The molecule has 2 aliphatic rings. The van der Waals surface area contributed by atoms with Crippen molar-refractivity contribution in [2.24, 2.45) is 5.41 Å². The van der Waals surface area contributed by atoms with Gasteiger partial charge in [0.15, 0.2) is 0 Å². The van der Waals surface area contributed by atoms with Crippen molar-refractivity contribution >= 4 is 5.91 Å². The van der Waals surface area contributed by atoms with Crippen LogP contribution in [0.1, 0.15) is 58.8 Å². The molecular weight excluding hydrogens is 224 g/mol. The standard InChI is InChI=1S/C15H28N2O/c1-3-15(9-5-6-10-15)12-16-11-14(18)17(4-2)13-7-8-13/h13,16H,3-12H2,1-2H3. The average Bonchev–Trinajstić information content (AvgIpc) is 3.09. The van der Waals surface area contributed by atoms with E-state index in [9.17, 15) is 4.79 Å². The van der Waals surface area contributed by atoms with Crippen molar-refractivity contribution in [3.05, 3.63) is 0 Å². The number of carbonyl (C=O) groups excluding carboxylic acids is 1. The summed E-state index contributed by atoms with van der Waals surface area (Å²) in [5.74, 6) is 0.296. The molecule has 1 N–H and O–H groups in total. The summed E-state index contributed by atoms with van der Waals surface area (Å²) < 4.78 is 0. The Morgan fingerprint density at radius 2 is 1.94 bits per heavy atom. The van der Waals surface area contributed by atoms with E-state index in [1.807, 2.05) is 4.90 Å². The van der Waals surface area contributed by atoms with Crippen LogP contribution in [-0.4, -0.2) is 36.5 Å². The predicted molar refractivity (Wildman–Crippen MR) is 74.5 cm³/mol. The van der Waals surface area contributed by atoms with E-state index in [4.69, 9.17) is 0 Å². The maximum atomic E-state index is 12.1. The normalized spacial score (nSPS) is 22.1. The van der Waals surface area contributed by atoms with Gasteiger partial charge in [-0.25, -0.2) is 0 Å². The second-order valence-electron chi connectivity index (χ2n) is 6.08. The van der Waals surface area contributed by atoms with Gasteiger partial charge in [-0.15, -0.1) is 0 Å². The van der Waals surface area contributed by atoms with Gasteiger partial charge in [-0.05, 0) is 44.4 Å². The van der Waals surface area contributed by atoms with Crippen LogP contribution in [-0.2, 0) is 4.79 Å². The van der Waals surface area contributed by atoms with Crippen LogP contribution >= 0.6 is 0 Å². The van der Waals surface area contributed by atoms with E-state index in [1.54, 1.807) is 0 Å². The molecule has 18 heavy (non-hydrogen) atoms. The van der Waals surface area contributed by atoms with Gasteiger partial charge in [0.05, 0.1) is 6.54 Å². The molecule has 104 valence electrons. The summed E-state index contributed by atoms with van der Waals surface area (Å²) in [5, 5.41) is 3.43. The second kappa shape index (κ2) is 6.05. The lowest BCUT2D eigenvalue weighted by atomic mass is 9.83. The van der Waals surface area contributed by atoms with Gasteiger partial charge in [-0.3, -0.25) is 4.79 Å². The number of rotatable bonds is 7. The van der Waals surface area contributed by atoms with Gasteiger partial charge in [-0.1, -0.05) is 19.8 Å². The first kappa shape index (κ1) is 13.9. The van der Waals surface area contributed by atoms with Gasteiger partial charge in [0.25, 0.3) is 0 Å². The fraction of sp³-hybridized carbons (Fsp3) is 0.933. The predicted octanol–water partition coefficient (Wildman–Crippen LogP) is 2.56. The fourth-order valence-electron chi connectivity index (χ4n) is 3.34. The molecule has 0 heterocycles. The van der Waals surface area contributed by atoms with E-state index in [1.165, 1.54) is 44.9 Å². The molecule has 0 aromatic carbocycles. The van der Waals surface area contributed by atoms with E-state index in [0.717, 1.165) is 13.1 Å². The second-order valence-corrected chi connectivity index (χ2v) is 6.08. The summed E-state index contributed by atoms with van der Waals surface area (Å²) in [6.07, 6.45) is 9.07. The largest absolute Gasteiger partial charge is 0.339 e. The van der Waals surface area contributed by atoms with Gasteiger partial charge in [0, 0.05) is 19.1 Å². The van der Waals surface area contributed by atoms with E-state index in [2.05, 4.69) is 19.2 Å². The Hall–Kier alpha value is -0.570. The summed E-state index contributed by atoms with van der Waals surface area (Å²) in [6, 6.07) is 0.552. The van der Waals surface area contributed by atoms with Crippen molar-refractivity contribution in [3.63, 3.8) is 0 Å². The van der Waals surface area contributed by atoms with E-state index in [-0.39, 0.29) is 0 Å². The minimum Gasteiger partial charge on any atom is -0.339 e. The molecule has 0 bridgehead atoms. The molecule has 1 amide bonds. The number of amides is 1. The van der Waals surface area contributed by atoms with Crippen LogP contribution < -0.4 is 5.32 Å². The number of carbonyl (C=O) groups is 1. The third kappa shape index (κ3) is 3.25. The molecule has 3 nitrogen and oxygen atoms in total. The molecule has 3 heteroatoms. The Bertz CT molecular complexity index is 280. The van der Waals surface area contributed by atoms with Crippen LogP contribution in [0.25, 0.3) is 0 Å². The number of nitrogens with zero attached hydrogens (tertiary/aromatic N) is 1. The average molecular weight is 252 g/mol. The highest BCUT2D eigenvalue weighted by molar-refractivity contribution is 5.78. The Kier molecular flexibility index (Phi) is 4.66. The van der Waals surface area contributed by atoms with Crippen LogP contribution in [0.15, 0.2) is 0 Å². The number of likely N-dealkylation sites (N-methyl/N-ethyl adjacent to an activating group) is 1. The van der Waals surface area contributed by atoms with Gasteiger partial charge >= 0.3 is 0 Å². The first-order chi connectivity index (χ1) is 8.71. The van der Waals surface area contributed by atoms with E-state index < -0.39 is 0 Å². The van der Waals surface area contributed by atoms with Crippen LogP contribution in [0.3, 0.4) is 0 Å². The Labute approximate surface area is 111 Å². The lowest BCUT2D eigenvalue weighted by Crippen LogP contribution is -2.42. The zero-order valence-electron chi connectivity index (χ0n) is 12.0. The highest BCUT2D eigenvalue weighted by Gasteiger charge is 2.33. The molecule has 0 spiro atoms. The van der Waals surface area contributed by atoms with Gasteiger partial charge in [0.2, 0.25) is 5.91 Å². The number of hydrogen-bond acceptors (Lipinski definition) is 2. The summed E-state index contributed by atoms with van der Waals surface area (Å²) in [6.45, 7) is 6.80. The lowest BCUT2D eigenvalue weighted by molar-refractivity contribution is -0.130. The first-order valence-electron chi connectivity index (χ1n) is 7.71. The minimum absolute atomic E-state index is 0.296. The zero-order valence-corrected chi connectivity index (χ0v) is 12.0. The third-order valence-electron chi connectivity index (χ3n) is 4.84. The monoisotopic (exact) mass is 252 g/mol. The van der Waals surface area contributed by atoms with Gasteiger partial charge in [0.1, 0.15) is 0 Å². The van der Waals surface area contributed by atoms with Crippen LogP contribution in [0, 0.1) is 5.41 Å². The van der Waals surface area contributed by atoms with E-state index >= 15 is 0 Å². The summed E-state index contributed by atoms with van der Waals surface area (Å²) in [7, 11) is 0. The molecule has 2 fully saturated rings. The Balaban J connectivity index is 1.72. The van der Waals surface area contributed by atoms with Crippen molar-refractivity contribution in [3.8, 4) is 0 Å². The molecule has 2 rings (SSSR count). The molecular formula is C15H28N2O. The highest BCUT2D eigenvalue weighted by atomic mass is 16.2. The van der Waals surface area contributed by atoms with Gasteiger partial charge < -0.3 is 10.2 Å². The molecule has 0 aromatic heterocycles. The van der Waals surface area contributed by atoms with Crippen molar-refractivity contribution in [1.29, 1.82) is 0 Å². The molecule has 0 radical (unpaired) electrons. The van der Waals surface area contributed by atoms with Crippen LogP contribution in [0.4, 0.5) is 0 Å². The highest BCUT2D eigenvalue weighted by Crippen LogP contribution is 2.40. The fourth-order valence-corrected chi connectivity index (χ4v) is 3.34. The molecule has 0 saturated heterocycles. The third-order valence-corrected chi connectivity index (χ3v) is 4.84. The van der Waals surface area contributed by atoms with Crippen LogP contribution in [0.2, 0.25) is 0 Å². The topological polar surface area (TPSA) is 32.3 Å². The van der Waals surface area contributed by atoms with Crippen molar-refractivity contribution < 1.29 is 4.79 Å². The molecule has 0 atom stereocenters. The SMILES string of the molecule is CCN(C(=O)CNCC1(CC)CCCC1)C1CC1. The maximum Gasteiger partial charge on any atom is 0.236 e. The van der Waals surface area contributed by atoms with Crippen molar-refractivity contribution in [2.75, 3.05) is 19.6 Å². The van der Waals surface area contributed by atoms with Crippen molar-refractivity contribution in [1.82, 2.24) is 10.2 Å². The Morgan fingerprint density at radius 3 is 2.44 bits per heavy atom. The minimum atomic E-state index is 0.296. The zero-order chi connectivity index (χ0) is 13.0. The summed E-state index contributed by atoms with van der Waals surface area (Å²) in [4.78, 5) is 14.1. The number of hydrogen-bond donors (Lipinski definition) is 1. The van der Waals surface area contributed by atoms with Crippen LogP contribution in [0.5, 0.6) is 0 Å². The molecule has 2 saturated carbocycles. The summed E-state index contributed by atoms with van der Waals surface area (Å²) >= 11 is 0. The smallest absolute Gasteiger partial charge is 0.236 e. The maximum absolute atomic E-state index is 12.1. The van der Waals surface area contributed by atoms with Gasteiger partial charge in [-0.2, -0.15) is 0 Å². The number of nitrogens with one attached hydrogen (secondary N) is 1. The summed E-state index contributed by atoms with van der Waals surface area (Å²) in [5.41, 5.74) is 0.483. The first-order valence-corrected chi connectivity index (χ1v) is 7.71. The molecule has 0 aliphatic heterocycles. The van der Waals surface area contributed by atoms with E-state index in [0.29, 0.717) is 23.9 Å². The quantitative estimate of drug-likeness (QED) is 0.755. The lowest BCUT2D eigenvalue weighted by Gasteiger charge is -2.28.